The SMILES string of the molecule is C=Cc1cc(CSc2nc(N3CCOCC3)c3nc(CC)n(C)c3n2)ccc1OC. The van der Waals surface area contributed by atoms with Crippen molar-refractivity contribution in [3.05, 3.63) is 41.7 Å². The molecule has 3 aromatic rings. The number of ether oxygens (including phenoxy) is 2. The van der Waals surface area contributed by atoms with E-state index in [0.717, 1.165) is 64.5 Å². The minimum Gasteiger partial charge on any atom is -0.496 e. The maximum absolute atomic E-state index is 5.53. The number of rotatable bonds is 7. The van der Waals surface area contributed by atoms with Gasteiger partial charge in [0.1, 0.15) is 11.6 Å². The monoisotopic (exact) mass is 425 g/mol. The number of fused-ring (bicyclic) bond motifs is 1. The van der Waals surface area contributed by atoms with Gasteiger partial charge in [-0.15, -0.1) is 0 Å². The van der Waals surface area contributed by atoms with E-state index in [9.17, 15) is 0 Å². The number of aromatic nitrogens is 4. The molecule has 4 rings (SSSR count). The van der Waals surface area contributed by atoms with E-state index in [0.29, 0.717) is 13.2 Å². The van der Waals surface area contributed by atoms with Crippen LogP contribution in [0.2, 0.25) is 0 Å². The quantitative estimate of drug-likeness (QED) is 0.422. The highest BCUT2D eigenvalue weighted by Crippen LogP contribution is 2.30. The van der Waals surface area contributed by atoms with Crippen molar-refractivity contribution in [2.24, 2.45) is 7.05 Å². The molecule has 1 aliphatic rings. The van der Waals surface area contributed by atoms with Crippen molar-refractivity contribution in [2.45, 2.75) is 24.3 Å². The molecular formula is C22H27N5O2S. The molecular weight excluding hydrogens is 398 g/mol. The highest BCUT2D eigenvalue weighted by atomic mass is 32.2. The van der Waals surface area contributed by atoms with Gasteiger partial charge in [-0.05, 0) is 17.7 Å². The Hall–Kier alpha value is -2.58. The maximum Gasteiger partial charge on any atom is 0.191 e. The molecule has 1 saturated heterocycles. The molecule has 3 heterocycles. The molecule has 8 heteroatoms. The van der Waals surface area contributed by atoms with Crippen LogP contribution >= 0.6 is 11.8 Å². The van der Waals surface area contributed by atoms with E-state index < -0.39 is 0 Å². The summed E-state index contributed by atoms with van der Waals surface area (Å²) in [5.74, 6) is 3.51. The average molecular weight is 426 g/mol. The van der Waals surface area contributed by atoms with Crippen LogP contribution in [0.5, 0.6) is 5.75 Å². The van der Waals surface area contributed by atoms with Crippen LogP contribution in [-0.4, -0.2) is 52.9 Å². The van der Waals surface area contributed by atoms with Crippen molar-refractivity contribution >= 4 is 34.8 Å². The van der Waals surface area contributed by atoms with Gasteiger partial charge in [-0.3, -0.25) is 0 Å². The maximum atomic E-state index is 5.53. The lowest BCUT2D eigenvalue weighted by atomic mass is 10.1. The summed E-state index contributed by atoms with van der Waals surface area (Å²) in [5, 5.41) is 0.755. The lowest BCUT2D eigenvalue weighted by Gasteiger charge is -2.28. The minimum atomic E-state index is 0.706. The first-order valence-corrected chi connectivity index (χ1v) is 11.1. The molecule has 0 bridgehead atoms. The summed E-state index contributed by atoms with van der Waals surface area (Å²) < 4.78 is 13.0. The fraction of sp³-hybridized carbons (Fsp3) is 0.409. The second kappa shape index (κ2) is 9.06. The van der Waals surface area contributed by atoms with Gasteiger partial charge in [0.2, 0.25) is 0 Å². The van der Waals surface area contributed by atoms with Crippen molar-refractivity contribution in [1.82, 2.24) is 19.5 Å². The fourth-order valence-corrected chi connectivity index (χ4v) is 4.41. The van der Waals surface area contributed by atoms with Gasteiger partial charge < -0.3 is 18.9 Å². The summed E-state index contributed by atoms with van der Waals surface area (Å²) in [6.07, 6.45) is 2.67. The van der Waals surface area contributed by atoms with Crippen LogP contribution in [0.3, 0.4) is 0 Å². The van der Waals surface area contributed by atoms with Gasteiger partial charge in [-0.1, -0.05) is 37.4 Å². The van der Waals surface area contributed by atoms with Gasteiger partial charge in [0.15, 0.2) is 22.1 Å². The summed E-state index contributed by atoms with van der Waals surface area (Å²) in [7, 11) is 3.70. The second-order valence-electron chi connectivity index (χ2n) is 7.11. The molecule has 1 aliphatic heterocycles. The molecule has 0 amide bonds. The summed E-state index contributed by atoms with van der Waals surface area (Å²) >= 11 is 1.63. The van der Waals surface area contributed by atoms with Crippen LogP contribution in [0.4, 0.5) is 5.82 Å². The Kier molecular flexibility index (Phi) is 6.24. The summed E-state index contributed by atoms with van der Waals surface area (Å²) in [6, 6.07) is 6.14. The molecule has 0 N–H and O–H groups in total. The third-order valence-electron chi connectivity index (χ3n) is 5.28. The number of nitrogens with zero attached hydrogens (tertiary/aromatic N) is 5. The van der Waals surface area contributed by atoms with Crippen molar-refractivity contribution in [3.63, 3.8) is 0 Å². The molecule has 1 aromatic carbocycles. The zero-order chi connectivity index (χ0) is 21.1. The van der Waals surface area contributed by atoms with Crippen molar-refractivity contribution in [2.75, 3.05) is 38.3 Å². The fourth-order valence-electron chi connectivity index (χ4n) is 3.63. The van der Waals surface area contributed by atoms with Gasteiger partial charge in [0.25, 0.3) is 0 Å². The van der Waals surface area contributed by atoms with Crippen LogP contribution in [0.1, 0.15) is 23.9 Å². The van der Waals surface area contributed by atoms with Crippen LogP contribution < -0.4 is 9.64 Å². The molecule has 2 aromatic heterocycles. The molecule has 7 nitrogen and oxygen atoms in total. The number of hydrogen-bond acceptors (Lipinski definition) is 7. The van der Waals surface area contributed by atoms with E-state index in [4.69, 9.17) is 24.4 Å². The topological polar surface area (TPSA) is 65.3 Å². The van der Waals surface area contributed by atoms with Gasteiger partial charge in [-0.25, -0.2) is 15.0 Å². The number of hydrogen-bond donors (Lipinski definition) is 0. The average Bonchev–Trinajstić information content (AvgIpc) is 3.13. The Morgan fingerprint density at radius 1 is 1.23 bits per heavy atom. The van der Waals surface area contributed by atoms with Crippen LogP contribution in [0, 0.1) is 0 Å². The zero-order valence-electron chi connectivity index (χ0n) is 17.7. The Labute approximate surface area is 181 Å². The number of anilines is 1. The summed E-state index contributed by atoms with van der Waals surface area (Å²) in [4.78, 5) is 16.8. The Bertz CT molecular complexity index is 1060. The number of imidazole rings is 1. The number of benzene rings is 1. The highest BCUT2D eigenvalue weighted by molar-refractivity contribution is 7.98. The Morgan fingerprint density at radius 2 is 2.03 bits per heavy atom. The number of thioether (sulfide) groups is 1. The van der Waals surface area contributed by atoms with Gasteiger partial charge in [0, 0.05) is 37.9 Å². The summed E-state index contributed by atoms with van der Waals surface area (Å²) in [6.45, 7) is 9.03. The molecule has 0 saturated carbocycles. The lowest BCUT2D eigenvalue weighted by molar-refractivity contribution is 0.122. The van der Waals surface area contributed by atoms with E-state index in [-0.39, 0.29) is 0 Å². The molecule has 0 aliphatic carbocycles. The number of methoxy groups -OCH3 is 1. The van der Waals surface area contributed by atoms with Crippen LogP contribution in [0.15, 0.2) is 29.9 Å². The zero-order valence-corrected chi connectivity index (χ0v) is 18.5. The smallest absolute Gasteiger partial charge is 0.191 e. The lowest BCUT2D eigenvalue weighted by Crippen LogP contribution is -2.37. The van der Waals surface area contributed by atoms with Crippen LogP contribution in [-0.2, 0) is 24.0 Å². The van der Waals surface area contributed by atoms with Gasteiger partial charge in [0.05, 0.1) is 20.3 Å². The Balaban J connectivity index is 1.67. The Morgan fingerprint density at radius 3 is 2.73 bits per heavy atom. The summed E-state index contributed by atoms with van der Waals surface area (Å²) in [5.41, 5.74) is 3.91. The second-order valence-corrected chi connectivity index (χ2v) is 8.05. The molecule has 0 atom stereocenters. The highest BCUT2D eigenvalue weighted by Gasteiger charge is 2.21. The van der Waals surface area contributed by atoms with E-state index in [1.54, 1.807) is 18.9 Å². The first kappa shape index (κ1) is 20.7. The molecule has 158 valence electrons. The molecule has 30 heavy (non-hydrogen) atoms. The normalized spacial score (nSPS) is 14.3. The predicted octanol–water partition coefficient (Wildman–Crippen LogP) is 3.71. The van der Waals surface area contributed by atoms with Crippen molar-refractivity contribution in [3.8, 4) is 5.75 Å². The molecule has 0 radical (unpaired) electrons. The first-order chi connectivity index (χ1) is 14.6. The first-order valence-electron chi connectivity index (χ1n) is 10.1. The largest absolute Gasteiger partial charge is 0.496 e. The number of morpholine rings is 1. The van der Waals surface area contributed by atoms with E-state index in [1.165, 1.54) is 5.56 Å². The standard InChI is InChI=1S/C22H27N5O2S/c1-5-16-13-15(7-8-17(16)28-4)14-30-22-24-20-19(23-18(6-2)26(20)3)21(25-22)27-9-11-29-12-10-27/h5,7-8,13H,1,6,9-12,14H2,2-4H3. The molecule has 0 spiro atoms. The number of aryl methyl sites for hydroxylation is 2. The van der Waals surface area contributed by atoms with Crippen molar-refractivity contribution < 1.29 is 9.47 Å². The van der Waals surface area contributed by atoms with Crippen LogP contribution in [0.25, 0.3) is 17.2 Å². The van der Waals surface area contributed by atoms with E-state index in [2.05, 4.69) is 35.1 Å². The molecule has 1 fully saturated rings. The minimum absolute atomic E-state index is 0.706. The molecule has 0 unspecified atom stereocenters. The van der Waals surface area contributed by atoms with Gasteiger partial charge in [-0.2, -0.15) is 0 Å². The third kappa shape index (κ3) is 4.02. The van der Waals surface area contributed by atoms with E-state index in [1.807, 2.05) is 19.2 Å². The third-order valence-corrected chi connectivity index (χ3v) is 6.20. The van der Waals surface area contributed by atoms with E-state index >= 15 is 0 Å². The van der Waals surface area contributed by atoms with Gasteiger partial charge >= 0.3 is 0 Å². The predicted molar refractivity (Wildman–Crippen MR) is 121 cm³/mol. The van der Waals surface area contributed by atoms with Crippen molar-refractivity contribution in [1.29, 1.82) is 0 Å².